The van der Waals surface area contributed by atoms with Gasteiger partial charge in [-0.05, 0) is 49.1 Å². The van der Waals surface area contributed by atoms with E-state index in [1.165, 1.54) is 6.92 Å². The molecular weight excluding hydrogens is 490 g/mol. The zero-order valence-electron chi connectivity index (χ0n) is 19.8. The van der Waals surface area contributed by atoms with Crippen LogP contribution in [0, 0.1) is 5.41 Å². The van der Waals surface area contributed by atoms with Gasteiger partial charge in [0.15, 0.2) is 0 Å². The van der Waals surface area contributed by atoms with Crippen LogP contribution in [0.1, 0.15) is 55.0 Å². The van der Waals surface area contributed by atoms with E-state index in [1.807, 2.05) is 37.3 Å². The van der Waals surface area contributed by atoms with Gasteiger partial charge < -0.3 is 20.5 Å². The summed E-state index contributed by atoms with van der Waals surface area (Å²) in [5.41, 5.74) is 1.77. The van der Waals surface area contributed by atoms with Crippen molar-refractivity contribution in [1.29, 1.82) is 0 Å². The van der Waals surface area contributed by atoms with Crippen LogP contribution in [0.5, 0.6) is 0 Å². The average molecular weight is 518 g/mol. The number of piperidine rings is 1. The molecule has 36 heavy (non-hydrogen) atoms. The molecule has 2 aromatic rings. The van der Waals surface area contributed by atoms with E-state index < -0.39 is 46.6 Å². The Hall–Kier alpha value is -2.79. The molecule has 11 heteroatoms. The van der Waals surface area contributed by atoms with Gasteiger partial charge in [-0.3, -0.25) is 0 Å². The first-order valence-corrected chi connectivity index (χ1v) is 11.3. The second-order valence-corrected chi connectivity index (χ2v) is 9.51. The highest BCUT2D eigenvalue weighted by Crippen LogP contribution is 2.41. The predicted molar refractivity (Wildman–Crippen MR) is 120 cm³/mol. The van der Waals surface area contributed by atoms with Gasteiger partial charge in [0.25, 0.3) is 0 Å². The molecule has 1 unspecified atom stereocenters. The van der Waals surface area contributed by atoms with Gasteiger partial charge in [0, 0.05) is 12.0 Å². The summed E-state index contributed by atoms with van der Waals surface area (Å²) in [6.07, 6.45) is -10.7. The molecule has 1 aliphatic heterocycles. The first kappa shape index (κ1) is 27.8. The number of nitrogens with two attached hydrogens (primary N) is 1. The molecule has 0 aliphatic carbocycles. The van der Waals surface area contributed by atoms with Gasteiger partial charge in [0.1, 0.15) is 0 Å². The molecule has 1 heterocycles. The Labute approximate surface area is 204 Å². The Bertz CT molecular complexity index is 1020. The van der Waals surface area contributed by atoms with Gasteiger partial charge in [-0.2, -0.15) is 26.3 Å². The van der Waals surface area contributed by atoms with E-state index in [0.29, 0.717) is 31.5 Å². The Morgan fingerprint density at radius 1 is 1.00 bits per heavy atom. The maximum atomic E-state index is 13.3. The third kappa shape index (κ3) is 6.70. The fraction of sp³-hybridized carbons (Fsp3) is 0.480. The highest BCUT2D eigenvalue weighted by atomic mass is 19.4. The summed E-state index contributed by atoms with van der Waals surface area (Å²) in [5, 5.41) is 3.42. The Morgan fingerprint density at radius 2 is 1.58 bits per heavy atom. The molecule has 0 spiro atoms. The van der Waals surface area contributed by atoms with Crippen LogP contribution in [0.2, 0.25) is 0 Å². The van der Waals surface area contributed by atoms with Crippen LogP contribution in [-0.2, 0) is 27.4 Å². The third-order valence-electron chi connectivity index (χ3n) is 6.56. The van der Waals surface area contributed by atoms with E-state index >= 15 is 0 Å². The molecule has 0 saturated carbocycles. The Kier molecular flexibility index (Phi) is 7.95. The molecule has 1 aliphatic rings. The number of carbonyl (C=O) groups is 1. The zero-order valence-corrected chi connectivity index (χ0v) is 19.8. The van der Waals surface area contributed by atoms with Gasteiger partial charge in [0.2, 0.25) is 0 Å². The number of hydrogen-bond donors (Lipinski definition) is 2. The number of benzene rings is 2. The number of halogens is 6. The SMILES string of the molecule is CC(OC[C@@]1(c2ccccc2)CC[C@@](C)(COC(N)=O)CN1)c1cc(C(F)(F)F)cc(C(F)(F)F)c1. The molecule has 3 N–H and O–H groups in total. The number of nitrogens with one attached hydrogen (secondary N) is 1. The van der Waals surface area contributed by atoms with Crippen LogP contribution < -0.4 is 11.1 Å². The lowest BCUT2D eigenvalue weighted by atomic mass is 9.73. The minimum Gasteiger partial charge on any atom is -0.449 e. The number of alkyl halides is 6. The third-order valence-corrected chi connectivity index (χ3v) is 6.56. The smallest absolute Gasteiger partial charge is 0.416 e. The van der Waals surface area contributed by atoms with Crippen LogP contribution in [0.15, 0.2) is 48.5 Å². The van der Waals surface area contributed by atoms with Crippen LogP contribution in [0.4, 0.5) is 31.1 Å². The maximum Gasteiger partial charge on any atom is 0.416 e. The monoisotopic (exact) mass is 518 g/mol. The number of carbonyl (C=O) groups excluding carboxylic acids is 1. The lowest BCUT2D eigenvalue weighted by molar-refractivity contribution is -0.143. The summed E-state index contributed by atoms with van der Waals surface area (Å²) in [4.78, 5) is 11.0. The number of hydrogen-bond acceptors (Lipinski definition) is 4. The van der Waals surface area contributed by atoms with Gasteiger partial charge >= 0.3 is 18.4 Å². The summed E-state index contributed by atoms with van der Waals surface area (Å²) in [6, 6.07) is 10.7. The molecule has 5 nitrogen and oxygen atoms in total. The quantitative estimate of drug-likeness (QED) is 0.429. The van der Waals surface area contributed by atoms with Gasteiger partial charge in [-0.15, -0.1) is 0 Å². The van der Waals surface area contributed by atoms with E-state index in [-0.39, 0.29) is 24.8 Å². The lowest BCUT2D eigenvalue weighted by Gasteiger charge is -2.46. The molecule has 3 rings (SSSR count). The summed E-state index contributed by atoms with van der Waals surface area (Å²) in [5.74, 6) is 0. The molecule has 3 atom stereocenters. The maximum absolute atomic E-state index is 13.3. The standard InChI is InChI=1S/C25H28F6N2O3/c1-16(17-10-19(24(26,27)28)12-20(11-17)25(29,30)31)35-15-23(18-6-4-3-5-7-18)9-8-22(2,13-33-23)14-36-21(32)34/h3-7,10-12,16,33H,8-9,13-15H2,1-2H3,(H2,32,34)/t16?,22-,23-/m1/s1. The van der Waals surface area contributed by atoms with Crippen molar-refractivity contribution in [3.05, 3.63) is 70.8 Å². The number of primary amides is 1. The molecule has 198 valence electrons. The molecule has 2 aromatic carbocycles. The summed E-state index contributed by atoms with van der Waals surface area (Å²) in [6.45, 7) is 3.84. The van der Waals surface area contributed by atoms with Gasteiger partial charge in [0.05, 0.1) is 36.0 Å². The molecule has 0 aromatic heterocycles. The fourth-order valence-corrected chi connectivity index (χ4v) is 4.23. The van der Waals surface area contributed by atoms with Crippen molar-refractivity contribution in [3.8, 4) is 0 Å². The van der Waals surface area contributed by atoms with E-state index in [2.05, 4.69) is 5.32 Å². The highest BCUT2D eigenvalue weighted by molar-refractivity contribution is 5.64. The molecule has 0 radical (unpaired) electrons. The Balaban J connectivity index is 1.84. The predicted octanol–water partition coefficient (Wildman–Crippen LogP) is 6.18. The number of ether oxygens (including phenoxy) is 2. The summed E-state index contributed by atoms with van der Waals surface area (Å²) in [7, 11) is 0. The number of amides is 1. The van der Waals surface area contributed by atoms with E-state index in [1.54, 1.807) is 0 Å². The van der Waals surface area contributed by atoms with E-state index in [4.69, 9.17) is 15.2 Å². The van der Waals surface area contributed by atoms with Gasteiger partial charge in [-0.25, -0.2) is 4.79 Å². The van der Waals surface area contributed by atoms with E-state index in [0.717, 1.165) is 5.56 Å². The van der Waals surface area contributed by atoms with Gasteiger partial charge in [-0.1, -0.05) is 37.3 Å². The average Bonchev–Trinajstić information content (AvgIpc) is 2.82. The molecule has 1 amide bonds. The minimum atomic E-state index is -4.94. The summed E-state index contributed by atoms with van der Waals surface area (Å²) < 4.78 is 90.6. The lowest BCUT2D eigenvalue weighted by Crippen LogP contribution is -2.56. The first-order chi connectivity index (χ1) is 16.6. The highest BCUT2D eigenvalue weighted by Gasteiger charge is 2.43. The van der Waals surface area contributed by atoms with Crippen molar-refractivity contribution in [1.82, 2.24) is 5.32 Å². The van der Waals surface area contributed by atoms with Crippen molar-refractivity contribution in [3.63, 3.8) is 0 Å². The molecule has 0 bridgehead atoms. The van der Waals surface area contributed by atoms with E-state index in [9.17, 15) is 31.1 Å². The normalized spacial score (nSPS) is 23.8. The molecule has 1 saturated heterocycles. The summed E-state index contributed by atoms with van der Waals surface area (Å²) >= 11 is 0. The van der Waals surface area contributed by atoms with Crippen LogP contribution >= 0.6 is 0 Å². The second kappa shape index (κ2) is 10.3. The van der Waals surface area contributed by atoms with Crippen LogP contribution in [0.25, 0.3) is 0 Å². The first-order valence-electron chi connectivity index (χ1n) is 11.3. The van der Waals surface area contributed by atoms with Crippen molar-refractivity contribution in [2.75, 3.05) is 19.8 Å². The van der Waals surface area contributed by atoms with Crippen LogP contribution in [0.3, 0.4) is 0 Å². The zero-order chi connectivity index (χ0) is 26.8. The fourth-order valence-electron chi connectivity index (χ4n) is 4.23. The minimum absolute atomic E-state index is 0.0114. The Morgan fingerprint density at radius 3 is 2.06 bits per heavy atom. The van der Waals surface area contributed by atoms with Crippen molar-refractivity contribution in [2.24, 2.45) is 11.1 Å². The molecular formula is C25H28F6N2O3. The topological polar surface area (TPSA) is 73.6 Å². The molecule has 1 fully saturated rings. The van der Waals surface area contributed by atoms with Crippen molar-refractivity contribution < 1.29 is 40.6 Å². The second-order valence-electron chi connectivity index (χ2n) is 9.51. The van der Waals surface area contributed by atoms with Crippen LogP contribution in [-0.4, -0.2) is 25.9 Å². The van der Waals surface area contributed by atoms with Crippen molar-refractivity contribution >= 4 is 6.09 Å². The number of rotatable bonds is 7. The largest absolute Gasteiger partial charge is 0.449 e. The van der Waals surface area contributed by atoms with Crippen molar-refractivity contribution in [2.45, 2.75) is 50.7 Å².